The van der Waals surface area contributed by atoms with Gasteiger partial charge < -0.3 is 5.11 Å². The lowest BCUT2D eigenvalue weighted by Crippen LogP contribution is -2.31. The van der Waals surface area contributed by atoms with Crippen LogP contribution in [0.4, 0.5) is 17.6 Å². The van der Waals surface area contributed by atoms with Crippen molar-refractivity contribution in [1.82, 2.24) is 9.55 Å². The Morgan fingerprint density at radius 2 is 1.81 bits per heavy atom. The highest BCUT2D eigenvalue weighted by Gasteiger charge is 2.31. The molecule has 0 spiro atoms. The molecule has 0 aliphatic heterocycles. The van der Waals surface area contributed by atoms with Gasteiger partial charge in [-0.1, -0.05) is 15.9 Å². The highest BCUT2D eigenvalue weighted by atomic mass is 79.9. The van der Waals surface area contributed by atoms with Crippen LogP contribution in [0.3, 0.4) is 0 Å². The van der Waals surface area contributed by atoms with Crippen molar-refractivity contribution < 1.29 is 22.7 Å². The quantitative estimate of drug-likeness (QED) is 0.757. The van der Waals surface area contributed by atoms with E-state index in [0.29, 0.717) is 6.07 Å². The molecule has 1 heterocycles. The van der Waals surface area contributed by atoms with Crippen LogP contribution in [-0.2, 0) is 6.18 Å². The molecular weight excluding hydrogens is 364 g/mol. The van der Waals surface area contributed by atoms with Gasteiger partial charge in [0.15, 0.2) is 0 Å². The molecule has 2 N–H and O–H groups in total. The summed E-state index contributed by atoms with van der Waals surface area (Å²) in [4.78, 5) is 24.1. The van der Waals surface area contributed by atoms with Gasteiger partial charge in [0.1, 0.15) is 0 Å². The van der Waals surface area contributed by atoms with E-state index in [1.54, 1.807) is 4.98 Å². The highest BCUT2D eigenvalue weighted by Crippen LogP contribution is 2.33. The fourth-order valence-electron chi connectivity index (χ4n) is 1.61. The van der Waals surface area contributed by atoms with Crippen molar-refractivity contribution in [1.29, 1.82) is 0 Å². The van der Waals surface area contributed by atoms with Crippen LogP contribution in [0.1, 0.15) is 5.56 Å². The average Bonchev–Trinajstić information content (AvgIpc) is 2.34. The maximum Gasteiger partial charge on any atom is 0.416 e. The Labute approximate surface area is 121 Å². The topological polar surface area (TPSA) is 75.1 Å². The van der Waals surface area contributed by atoms with E-state index in [1.165, 1.54) is 0 Å². The first-order valence-corrected chi connectivity index (χ1v) is 6.02. The Balaban J connectivity index is 2.80. The number of nitrogens with zero attached hydrogens (tertiary/aromatic N) is 1. The molecule has 1 aromatic heterocycles. The number of H-pyrrole nitrogens is 1. The van der Waals surface area contributed by atoms with Gasteiger partial charge in [-0.05, 0) is 18.2 Å². The molecule has 0 radical (unpaired) electrons. The molecule has 0 saturated heterocycles. The zero-order chi connectivity index (χ0) is 15.9. The molecule has 2 aromatic rings. The van der Waals surface area contributed by atoms with Gasteiger partial charge in [0, 0.05) is 4.47 Å². The molecule has 0 unspecified atom stereocenters. The van der Waals surface area contributed by atoms with Gasteiger partial charge in [0.2, 0.25) is 11.7 Å². The summed E-state index contributed by atoms with van der Waals surface area (Å²) in [6, 6.07) is 2.32. The number of hydrogen-bond acceptors (Lipinski definition) is 3. The van der Waals surface area contributed by atoms with E-state index in [1.807, 2.05) is 0 Å². The van der Waals surface area contributed by atoms with Crippen LogP contribution in [0.2, 0.25) is 0 Å². The zero-order valence-corrected chi connectivity index (χ0v) is 11.4. The van der Waals surface area contributed by atoms with Gasteiger partial charge in [-0.3, -0.25) is 9.78 Å². The standard InChI is InChI=1S/C11H5BrF4N2O3/c12-5-1-4(11(14,15)16)2-6(3-5)18-9(20)7(13)8(19)17-10(18)21/h1-3,20H,(H,17,19,21). The number of aromatic hydroxyl groups is 1. The lowest BCUT2D eigenvalue weighted by Gasteiger charge is -2.12. The van der Waals surface area contributed by atoms with Crippen molar-refractivity contribution in [3.8, 4) is 11.6 Å². The summed E-state index contributed by atoms with van der Waals surface area (Å²) in [5.74, 6) is -3.06. The first-order valence-electron chi connectivity index (χ1n) is 5.23. The molecule has 0 fully saturated rings. The Bertz CT molecular complexity index is 826. The summed E-state index contributed by atoms with van der Waals surface area (Å²) >= 11 is 2.82. The number of aromatic amines is 1. The largest absolute Gasteiger partial charge is 0.492 e. The maximum absolute atomic E-state index is 13.3. The Morgan fingerprint density at radius 1 is 1.19 bits per heavy atom. The second kappa shape index (κ2) is 5.02. The smallest absolute Gasteiger partial charge is 0.416 e. The van der Waals surface area contributed by atoms with Crippen molar-refractivity contribution in [3.05, 3.63) is 54.9 Å². The minimum absolute atomic E-state index is 0.0507. The average molecular weight is 369 g/mol. The fourth-order valence-corrected chi connectivity index (χ4v) is 2.09. The molecule has 0 bridgehead atoms. The monoisotopic (exact) mass is 368 g/mol. The van der Waals surface area contributed by atoms with Crippen LogP contribution in [0.15, 0.2) is 32.3 Å². The second-order valence-electron chi connectivity index (χ2n) is 3.93. The molecular formula is C11H5BrF4N2O3. The number of halogens is 5. The molecule has 1 aromatic carbocycles. The van der Waals surface area contributed by atoms with Gasteiger partial charge in [-0.15, -0.1) is 0 Å². The van der Waals surface area contributed by atoms with E-state index in [9.17, 15) is 32.3 Å². The van der Waals surface area contributed by atoms with Crippen LogP contribution in [-0.4, -0.2) is 14.7 Å². The molecule has 0 atom stereocenters. The van der Waals surface area contributed by atoms with E-state index < -0.39 is 40.4 Å². The predicted octanol–water partition coefficient (Wildman–Crippen LogP) is 2.15. The zero-order valence-electron chi connectivity index (χ0n) is 9.83. The number of alkyl halides is 3. The fraction of sp³-hybridized carbons (Fsp3) is 0.0909. The molecule has 2 rings (SSSR count). The van der Waals surface area contributed by atoms with Crippen molar-refractivity contribution in [2.45, 2.75) is 6.18 Å². The molecule has 0 aliphatic carbocycles. The van der Waals surface area contributed by atoms with Gasteiger partial charge in [0.25, 0.3) is 5.56 Å². The summed E-state index contributed by atoms with van der Waals surface area (Å²) in [6.07, 6.45) is -4.71. The van der Waals surface area contributed by atoms with Crippen LogP contribution < -0.4 is 11.2 Å². The number of aromatic nitrogens is 2. The first-order chi connectivity index (χ1) is 9.61. The third-order valence-electron chi connectivity index (χ3n) is 2.50. The van der Waals surface area contributed by atoms with Gasteiger partial charge in [-0.2, -0.15) is 17.6 Å². The van der Waals surface area contributed by atoms with Crippen LogP contribution in [0.25, 0.3) is 5.69 Å². The van der Waals surface area contributed by atoms with Crippen LogP contribution in [0.5, 0.6) is 5.88 Å². The van der Waals surface area contributed by atoms with E-state index in [4.69, 9.17) is 0 Å². The third kappa shape index (κ3) is 2.84. The van der Waals surface area contributed by atoms with Crippen LogP contribution >= 0.6 is 15.9 Å². The number of nitrogens with one attached hydrogen (secondary N) is 1. The summed E-state index contributed by atoms with van der Waals surface area (Å²) in [6.45, 7) is 0. The molecule has 0 saturated carbocycles. The maximum atomic E-state index is 13.3. The molecule has 0 amide bonds. The number of hydrogen-bond donors (Lipinski definition) is 2. The summed E-state index contributed by atoms with van der Waals surface area (Å²) in [5, 5.41) is 9.47. The summed E-state index contributed by atoms with van der Waals surface area (Å²) < 4.78 is 51.6. The van der Waals surface area contributed by atoms with Crippen molar-refractivity contribution in [2.24, 2.45) is 0 Å². The normalized spacial score (nSPS) is 11.7. The SMILES string of the molecule is O=c1[nH]c(=O)n(-c2cc(Br)cc(C(F)(F)F)c2)c(O)c1F. The van der Waals surface area contributed by atoms with Crippen molar-refractivity contribution in [3.63, 3.8) is 0 Å². The highest BCUT2D eigenvalue weighted by molar-refractivity contribution is 9.10. The van der Waals surface area contributed by atoms with E-state index in [2.05, 4.69) is 15.9 Å². The van der Waals surface area contributed by atoms with Crippen molar-refractivity contribution in [2.75, 3.05) is 0 Å². The lowest BCUT2D eigenvalue weighted by molar-refractivity contribution is -0.137. The molecule has 10 heteroatoms. The molecule has 5 nitrogen and oxygen atoms in total. The predicted molar refractivity (Wildman–Crippen MR) is 67.0 cm³/mol. The van der Waals surface area contributed by atoms with E-state index in [0.717, 1.165) is 12.1 Å². The lowest BCUT2D eigenvalue weighted by atomic mass is 10.2. The summed E-state index contributed by atoms with van der Waals surface area (Å²) in [5.41, 5.74) is -4.33. The van der Waals surface area contributed by atoms with Gasteiger partial charge in [0.05, 0.1) is 11.3 Å². The van der Waals surface area contributed by atoms with Gasteiger partial charge in [-0.25, -0.2) is 9.36 Å². The van der Waals surface area contributed by atoms with Gasteiger partial charge >= 0.3 is 11.9 Å². The molecule has 112 valence electrons. The van der Waals surface area contributed by atoms with Crippen LogP contribution in [0, 0.1) is 5.82 Å². The van der Waals surface area contributed by atoms with E-state index in [-0.39, 0.29) is 9.04 Å². The Kier molecular flexibility index (Phi) is 3.66. The summed E-state index contributed by atoms with van der Waals surface area (Å²) in [7, 11) is 0. The van der Waals surface area contributed by atoms with E-state index >= 15 is 0 Å². The minimum atomic E-state index is -4.71. The number of rotatable bonds is 1. The third-order valence-corrected chi connectivity index (χ3v) is 2.96. The second-order valence-corrected chi connectivity index (χ2v) is 4.84. The first kappa shape index (κ1) is 15.3. The Morgan fingerprint density at radius 3 is 2.38 bits per heavy atom. The minimum Gasteiger partial charge on any atom is -0.492 e. The molecule has 21 heavy (non-hydrogen) atoms. The Hall–Kier alpha value is -2.10. The number of benzene rings is 1. The molecule has 0 aliphatic rings. The van der Waals surface area contributed by atoms with Crippen molar-refractivity contribution >= 4 is 15.9 Å².